The van der Waals surface area contributed by atoms with E-state index >= 15 is 0 Å². The minimum absolute atomic E-state index is 0. The van der Waals surface area contributed by atoms with Crippen LogP contribution in [0.3, 0.4) is 0 Å². The van der Waals surface area contributed by atoms with E-state index in [1.165, 1.54) is 22.7 Å². The quantitative estimate of drug-likeness (QED) is 0.326. The molecule has 0 fully saturated rings. The minimum atomic E-state index is -0.108. The third kappa shape index (κ3) is 4.76. The maximum atomic E-state index is 13.4. The van der Waals surface area contributed by atoms with Crippen LogP contribution in [-0.4, -0.2) is 47.0 Å². The number of carbonyl (C=O) groups is 1. The molecule has 9 heteroatoms. The lowest BCUT2D eigenvalue weighted by atomic mass is 10.3. The van der Waals surface area contributed by atoms with Gasteiger partial charge >= 0.3 is 0 Å². The molecule has 1 amide bonds. The second-order valence-electron chi connectivity index (χ2n) is 6.58. The Bertz CT molecular complexity index is 1120. The van der Waals surface area contributed by atoms with Crippen LogP contribution in [0.5, 0.6) is 0 Å². The highest BCUT2D eigenvalue weighted by Gasteiger charge is 2.24. The van der Waals surface area contributed by atoms with Crippen molar-refractivity contribution in [2.75, 3.05) is 31.1 Å². The Balaban J connectivity index is 0.00000256. The van der Waals surface area contributed by atoms with Crippen LogP contribution in [0.15, 0.2) is 42.5 Å². The fraction of sp³-hybridized carbons (Fsp3) is 0.286. The summed E-state index contributed by atoms with van der Waals surface area (Å²) < 4.78 is 1.98. The zero-order valence-corrected chi connectivity index (χ0v) is 19.9. The fourth-order valence-corrected chi connectivity index (χ4v) is 5.33. The van der Waals surface area contributed by atoms with Crippen molar-refractivity contribution in [3.63, 3.8) is 0 Å². The summed E-state index contributed by atoms with van der Waals surface area (Å²) in [5.41, 5.74) is 1.69. The van der Waals surface area contributed by atoms with Crippen LogP contribution in [0.25, 0.3) is 20.4 Å². The van der Waals surface area contributed by atoms with Crippen molar-refractivity contribution >= 4 is 78.2 Å². The third-order valence-electron chi connectivity index (χ3n) is 4.83. The smallest absolute Gasteiger partial charge is 0.289 e. The maximum Gasteiger partial charge on any atom is 0.289 e. The Morgan fingerprint density at radius 2 is 1.70 bits per heavy atom. The molecular weight excluding hydrogens is 459 g/mol. The topological polar surface area (TPSA) is 49.3 Å². The van der Waals surface area contributed by atoms with Gasteiger partial charge in [0.1, 0.15) is 0 Å². The number of benzene rings is 2. The lowest BCUT2D eigenvalue weighted by molar-refractivity contribution is 0.0983. The van der Waals surface area contributed by atoms with Crippen LogP contribution >= 0.6 is 46.7 Å². The van der Waals surface area contributed by atoms with Crippen molar-refractivity contribution < 1.29 is 4.79 Å². The second kappa shape index (κ2) is 10.0. The number of amides is 1. The summed E-state index contributed by atoms with van der Waals surface area (Å²) >= 11 is 9.04. The van der Waals surface area contributed by atoms with E-state index in [0.29, 0.717) is 21.7 Å². The Morgan fingerprint density at radius 1 is 0.967 bits per heavy atom. The molecule has 4 aromatic rings. The van der Waals surface area contributed by atoms with Crippen molar-refractivity contribution in [3.8, 4) is 0 Å². The highest BCUT2D eigenvalue weighted by molar-refractivity contribution is 7.23. The molecule has 0 N–H and O–H groups in total. The van der Waals surface area contributed by atoms with Gasteiger partial charge in [-0.3, -0.25) is 9.69 Å². The van der Waals surface area contributed by atoms with Crippen molar-refractivity contribution in [2.45, 2.75) is 13.8 Å². The van der Waals surface area contributed by atoms with Gasteiger partial charge in [0.05, 0.1) is 20.4 Å². The van der Waals surface area contributed by atoms with Gasteiger partial charge in [-0.1, -0.05) is 48.9 Å². The van der Waals surface area contributed by atoms with Crippen molar-refractivity contribution in [1.29, 1.82) is 0 Å². The monoisotopic (exact) mass is 480 g/mol. The molecule has 2 aromatic heterocycles. The first-order valence-electron chi connectivity index (χ1n) is 9.55. The van der Waals surface area contributed by atoms with Crippen LogP contribution in [0.2, 0.25) is 5.02 Å². The largest absolute Gasteiger partial charge is 0.302 e. The summed E-state index contributed by atoms with van der Waals surface area (Å²) in [5.74, 6) is -0.108. The number of anilines is 1. The van der Waals surface area contributed by atoms with Gasteiger partial charge in [-0.25, -0.2) is 9.97 Å². The Labute approximate surface area is 194 Å². The molecule has 4 rings (SSSR count). The average Bonchev–Trinajstić information content (AvgIpc) is 3.34. The van der Waals surface area contributed by atoms with E-state index in [1.807, 2.05) is 42.5 Å². The number of likely N-dealkylation sites (N-methyl/N-ethyl adjacent to an activating group) is 1. The summed E-state index contributed by atoms with van der Waals surface area (Å²) in [6.45, 7) is 7.47. The molecule has 0 radical (unpaired) electrons. The summed E-state index contributed by atoms with van der Waals surface area (Å²) in [6, 6.07) is 13.4. The van der Waals surface area contributed by atoms with Gasteiger partial charge in [-0.15, -0.1) is 23.7 Å². The van der Waals surface area contributed by atoms with E-state index in [4.69, 9.17) is 16.6 Å². The van der Waals surface area contributed by atoms with E-state index in [0.717, 1.165) is 40.1 Å². The minimum Gasteiger partial charge on any atom is -0.302 e. The number of rotatable bonds is 7. The Kier molecular flexibility index (Phi) is 7.65. The van der Waals surface area contributed by atoms with Crippen LogP contribution in [0, 0.1) is 0 Å². The summed E-state index contributed by atoms with van der Waals surface area (Å²) in [5, 5.41) is 1.83. The molecule has 0 spiro atoms. The van der Waals surface area contributed by atoms with E-state index in [9.17, 15) is 4.79 Å². The van der Waals surface area contributed by atoms with Crippen molar-refractivity contribution in [2.24, 2.45) is 0 Å². The van der Waals surface area contributed by atoms with Gasteiger partial charge in [-0.05, 0) is 43.4 Å². The molecule has 2 heterocycles. The summed E-state index contributed by atoms with van der Waals surface area (Å²) in [7, 11) is 0. The first kappa shape index (κ1) is 22.9. The summed E-state index contributed by atoms with van der Waals surface area (Å²) in [4.78, 5) is 26.8. The molecular formula is C21H22Cl2N4OS2. The predicted octanol–water partition coefficient (Wildman–Crippen LogP) is 5.97. The lowest BCUT2D eigenvalue weighted by Gasteiger charge is -2.24. The number of halogens is 2. The standard InChI is InChI=1S/C21H21ClN4OS2.ClH/c1-3-25(4-2)11-12-26(21-24-16-10-9-14(22)13-18(16)29-21)20(27)19-23-15-7-5-6-8-17(15)28-19;/h5-10,13H,3-4,11-12H2,1-2H3;1H. The number of hydrogen-bond acceptors (Lipinski definition) is 6. The highest BCUT2D eigenvalue weighted by Crippen LogP contribution is 2.32. The predicted molar refractivity (Wildman–Crippen MR) is 131 cm³/mol. The van der Waals surface area contributed by atoms with Crippen LogP contribution in [0.1, 0.15) is 23.6 Å². The molecule has 0 atom stereocenters. The van der Waals surface area contributed by atoms with Gasteiger partial charge in [-0.2, -0.15) is 0 Å². The number of hydrogen-bond donors (Lipinski definition) is 0. The molecule has 0 aliphatic carbocycles. The van der Waals surface area contributed by atoms with Gasteiger partial charge in [0.2, 0.25) is 0 Å². The van der Waals surface area contributed by atoms with Crippen molar-refractivity contribution in [3.05, 3.63) is 52.5 Å². The molecule has 158 valence electrons. The molecule has 0 saturated carbocycles. The van der Waals surface area contributed by atoms with Gasteiger partial charge in [0.25, 0.3) is 5.91 Å². The molecule has 0 bridgehead atoms. The van der Waals surface area contributed by atoms with E-state index in [1.54, 1.807) is 4.90 Å². The van der Waals surface area contributed by atoms with Crippen LogP contribution in [0.4, 0.5) is 5.13 Å². The number of nitrogens with zero attached hydrogens (tertiary/aromatic N) is 4. The average molecular weight is 481 g/mol. The highest BCUT2D eigenvalue weighted by atomic mass is 35.5. The Hall–Kier alpha value is -1.77. The first-order chi connectivity index (χ1) is 14.1. The molecule has 2 aromatic carbocycles. The second-order valence-corrected chi connectivity index (χ2v) is 9.06. The zero-order chi connectivity index (χ0) is 20.4. The number of aromatic nitrogens is 2. The SMILES string of the molecule is CCN(CC)CCN(C(=O)c1nc2ccccc2s1)c1nc2ccc(Cl)cc2s1.Cl. The van der Waals surface area contributed by atoms with Crippen LogP contribution < -0.4 is 4.90 Å². The van der Waals surface area contributed by atoms with E-state index in [2.05, 4.69) is 23.7 Å². The zero-order valence-electron chi connectivity index (χ0n) is 16.7. The molecule has 30 heavy (non-hydrogen) atoms. The Morgan fingerprint density at radius 3 is 2.43 bits per heavy atom. The number of thiazole rings is 2. The van der Waals surface area contributed by atoms with Gasteiger partial charge in [0.15, 0.2) is 10.1 Å². The molecule has 0 saturated heterocycles. The molecule has 0 aliphatic rings. The number of para-hydroxylation sites is 1. The summed E-state index contributed by atoms with van der Waals surface area (Å²) in [6.07, 6.45) is 0. The fourth-order valence-electron chi connectivity index (χ4n) is 3.15. The van der Waals surface area contributed by atoms with Crippen molar-refractivity contribution in [1.82, 2.24) is 14.9 Å². The van der Waals surface area contributed by atoms with Gasteiger partial charge < -0.3 is 4.90 Å². The van der Waals surface area contributed by atoms with E-state index in [-0.39, 0.29) is 18.3 Å². The van der Waals surface area contributed by atoms with E-state index < -0.39 is 0 Å². The first-order valence-corrected chi connectivity index (χ1v) is 11.6. The lowest BCUT2D eigenvalue weighted by Crippen LogP contribution is -2.38. The van der Waals surface area contributed by atoms with Crippen LogP contribution in [-0.2, 0) is 0 Å². The molecule has 0 aliphatic heterocycles. The number of carbonyl (C=O) groups excluding carboxylic acids is 1. The number of fused-ring (bicyclic) bond motifs is 2. The third-order valence-corrected chi connectivity index (χ3v) is 7.13. The van der Waals surface area contributed by atoms with Gasteiger partial charge in [0, 0.05) is 18.1 Å². The normalized spacial score (nSPS) is 11.2. The molecule has 0 unspecified atom stereocenters. The molecule has 5 nitrogen and oxygen atoms in total. The maximum absolute atomic E-state index is 13.4.